The summed E-state index contributed by atoms with van der Waals surface area (Å²) in [4.78, 5) is 19.3. The van der Waals surface area contributed by atoms with Crippen molar-refractivity contribution in [3.8, 4) is 5.75 Å². The van der Waals surface area contributed by atoms with Gasteiger partial charge in [0.25, 0.3) is 5.91 Å². The number of amides is 1. The summed E-state index contributed by atoms with van der Waals surface area (Å²) in [5.74, 6) is 0.581. The predicted octanol–water partition coefficient (Wildman–Crippen LogP) is 3.94. The summed E-state index contributed by atoms with van der Waals surface area (Å²) in [5, 5.41) is 0.996. The fourth-order valence-corrected chi connectivity index (χ4v) is 3.49. The Morgan fingerprint density at radius 3 is 2.83 bits per heavy atom. The molecule has 0 aliphatic carbocycles. The molecule has 0 saturated carbocycles. The average Bonchev–Trinajstić information content (AvgIpc) is 2.86. The minimum atomic E-state index is -0.338. The maximum absolute atomic E-state index is 13.1. The molecule has 0 saturated heterocycles. The number of hydrogen-bond donors (Lipinski definition) is 0. The maximum Gasteiger partial charge on any atom is 0.265 e. The highest BCUT2D eigenvalue weighted by atomic mass is 32.1. The topological polar surface area (TPSA) is 42.4 Å². The zero-order valence-electron chi connectivity index (χ0n) is 14.5. The Kier molecular flexibility index (Phi) is 6.31. The molecule has 2 aromatic rings. The van der Waals surface area contributed by atoms with Crippen LogP contribution in [0.1, 0.15) is 34.2 Å². The highest BCUT2D eigenvalue weighted by Crippen LogP contribution is 2.22. The molecular formula is C18H23FN2O2S. The number of halogens is 1. The van der Waals surface area contributed by atoms with Gasteiger partial charge in [0.2, 0.25) is 0 Å². The zero-order valence-corrected chi connectivity index (χ0v) is 15.3. The molecule has 2 rings (SSSR count). The Hall–Kier alpha value is -1.95. The molecule has 1 aromatic carbocycles. The normalized spacial score (nSPS) is 10.9. The second-order valence-corrected chi connectivity index (χ2v) is 7.24. The van der Waals surface area contributed by atoms with Gasteiger partial charge in [-0.05, 0) is 25.0 Å². The lowest BCUT2D eigenvalue weighted by Crippen LogP contribution is -2.30. The Bertz CT molecular complexity index is 700. The number of aryl methyl sites for hydroxylation is 1. The third kappa shape index (κ3) is 5.03. The van der Waals surface area contributed by atoms with Crippen molar-refractivity contribution in [2.45, 2.75) is 27.2 Å². The quantitative estimate of drug-likeness (QED) is 0.759. The lowest BCUT2D eigenvalue weighted by Gasteiger charge is -2.17. The zero-order chi connectivity index (χ0) is 17.7. The van der Waals surface area contributed by atoms with E-state index in [1.807, 2.05) is 6.92 Å². The van der Waals surface area contributed by atoms with Crippen molar-refractivity contribution in [1.82, 2.24) is 9.88 Å². The van der Waals surface area contributed by atoms with Gasteiger partial charge >= 0.3 is 0 Å². The average molecular weight is 350 g/mol. The van der Waals surface area contributed by atoms with Gasteiger partial charge in [0.05, 0.1) is 17.2 Å². The van der Waals surface area contributed by atoms with E-state index in [-0.39, 0.29) is 11.7 Å². The molecule has 0 aliphatic heterocycles. The van der Waals surface area contributed by atoms with Crippen LogP contribution in [0.5, 0.6) is 5.75 Å². The van der Waals surface area contributed by atoms with Crippen molar-refractivity contribution >= 4 is 17.2 Å². The van der Waals surface area contributed by atoms with Gasteiger partial charge < -0.3 is 9.64 Å². The number of rotatable bonds is 7. The van der Waals surface area contributed by atoms with E-state index < -0.39 is 0 Å². The first kappa shape index (κ1) is 18.4. The molecule has 24 heavy (non-hydrogen) atoms. The van der Waals surface area contributed by atoms with Crippen LogP contribution in [0.4, 0.5) is 4.39 Å². The Morgan fingerprint density at radius 1 is 1.42 bits per heavy atom. The number of thiazole rings is 1. The van der Waals surface area contributed by atoms with Crippen LogP contribution in [-0.4, -0.2) is 36.0 Å². The summed E-state index contributed by atoms with van der Waals surface area (Å²) < 4.78 is 18.6. The fraction of sp³-hybridized carbons (Fsp3) is 0.444. The number of aromatic nitrogens is 1. The number of benzene rings is 1. The van der Waals surface area contributed by atoms with Gasteiger partial charge in [-0.25, -0.2) is 9.37 Å². The first-order valence-corrected chi connectivity index (χ1v) is 8.78. The number of likely N-dealkylation sites (N-methyl/N-ethyl adjacent to an activating group) is 1. The minimum absolute atomic E-state index is 0.0529. The lowest BCUT2D eigenvalue weighted by atomic mass is 10.1. The highest BCUT2D eigenvalue weighted by molar-refractivity contribution is 7.13. The van der Waals surface area contributed by atoms with Gasteiger partial charge in [0.1, 0.15) is 23.1 Å². The first-order chi connectivity index (χ1) is 11.4. The van der Waals surface area contributed by atoms with Crippen LogP contribution >= 0.6 is 11.3 Å². The van der Waals surface area contributed by atoms with Crippen LogP contribution in [-0.2, 0) is 6.42 Å². The monoisotopic (exact) mass is 350 g/mol. The van der Waals surface area contributed by atoms with E-state index in [2.05, 4.69) is 18.8 Å². The van der Waals surface area contributed by atoms with E-state index in [1.54, 1.807) is 24.1 Å². The molecular weight excluding hydrogens is 327 g/mol. The van der Waals surface area contributed by atoms with Gasteiger partial charge in [-0.1, -0.05) is 19.9 Å². The Morgan fingerprint density at radius 2 is 2.17 bits per heavy atom. The summed E-state index contributed by atoms with van der Waals surface area (Å²) in [7, 11) is 1.73. The van der Waals surface area contributed by atoms with Crippen molar-refractivity contribution in [1.29, 1.82) is 0 Å². The standard InChI is InChI=1S/C18H23FN2O2S/c1-12(2)10-16-20-13(3)17(24-16)18(22)21(4)8-9-23-15-7-5-6-14(19)11-15/h5-7,11-12H,8-10H2,1-4H3. The summed E-state index contributed by atoms with van der Waals surface area (Å²) in [6, 6.07) is 5.98. The SMILES string of the molecule is Cc1nc(CC(C)C)sc1C(=O)N(C)CCOc1cccc(F)c1. The van der Waals surface area contributed by atoms with Gasteiger partial charge in [-0.2, -0.15) is 0 Å². The molecule has 6 heteroatoms. The molecule has 0 fully saturated rings. The maximum atomic E-state index is 13.1. The second-order valence-electron chi connectivity index (χ2n) is 6.15. The van der Waals surface area contributed by atoms with Gasteiger partial charge in [-0.3, -0.25) is 4.79 Å². The third-order valence-electron chi connectivity index (χ3n) is 3.46. The summed E-state index contributed by atoms with van der Waals surface area (Å²) in [5.41, 5.74) is 0.776. The van der Waals surface area contributed by atoms with Crippen LogP contribution in [0.15, 0.2) is 24.3 Å². The second kappa shape index (κ2) is 8.24. The summed E-state index contributed by atoms with van der Waals surface area (Å²) >= 11 is 1.46. The molecule has 1 amide bonds. The largest absolute Gasteiger partial charge is 0.492 e. The van der Waals surface area contributed by atoms with E-state index >= 15 is 0 Å². The van der Waals surface area contributed by atoms with Crippen molar-refractivity contribution in [2.75, 3.05) is 20.2 Å². The van der Waals surface area contributed by atoms with E-state index in [0.29, 0.717) is 29.7 Å². The van der Waals surface area contributed by atoms with Gasteiger partial charge in [0.15, 0.2) is 0 Å². The minimum Gasteiger partial charge on any atom is -0.492 e. The lowest BCUT2D eigenvalue weighted by molar-refractivity contribution is 0.0777. The molecule has 1 heterocycles. The number of hydrogen-bond acceptors (Lipinski definition) is 4. The van der Waals surface area contributed by atoms with Gasteiger partial charge in [0, 0.05) is 19.5 Å². The number of nitrogens with zero attached hydrogens (tertiary/aromatic N) is 2. The fourth-order valence-electron chi connectivity index (χ4n) is 2.22. The highest BCUT2D eigenvalue weighted by Gasteiger charge is 2.19. The molecule has 0 unspecified atom stereocenters. The smallest absolute Gasteiger partial charge is 0.265 e. The van der Waals surface area contributed by atoms with Crippen LogP contribution in [0.3, 0.4) is 0 Å². The van der Waals surface area contributed by atoms with Crippen LogP contribution < -0.4 is 4.74 Å². The number of carbonyl (C=O) groups excluding carboxylic acids is 1. The molecule has 130 valence electrons. The molecule has 0 N–H and O–H groups in total. The predicted molar refractivity (Wildman–Crippen MR) is 94.2 cm³/mol. The number of carbonyl (C=O) groups is 1. The van der Waals surface area contributed by atoms with E-state index in [0.717, 1.165) is 17.1 Å². The molecule has 4 nitrogen and oxygen atoms in total. The van der Waals surface area contributed by atoms with E-state index in [9.17, 15) is 9.18 Å². The van der Waals surface area contributed by atoms with E-state index in [4.69, 9.17) is 4.74 Å². The van der Waals surface area contributed by atoms with Crippen molar-refractivity contribution in [2.24, 2.45) is 5.92 Å². The molecule has 0 atom stereocenters. The van der Waals surface area contributed by atoms with Crippen LogP contribution in [0.2, 0.25) is 0 Å². The molecule has 0 spiro atoms. The molecule has 0 radical (unpaired) electrons. The molecule has 0 bridgehead atoms. The van der Waals surface area contributed by atoms with Gasteiger partial charge in [-0.15, -0.1) is 11.3 Å². The first-order valence-electron chi connectivity index (χ1n) is 7.97. The summed E-state index contributed by atoms with van der Waals surface area (Å²) in [6.45, 7) is 6.86. The van der Waals surface area contributed by atoms with Crippen molar-refractivity contribution < 1.29 is 13.9 Å². The van der Waals surface area contributed by atoms with E-state index in [1.165, 1.54) is 23.5 Å². The van der Waals surface area contributed by atoms with Crippen LogP contribution in [0, 0.1) is 18.7 Å². The van der Waals surface area contributed by atoms with Crippen molar-refractivity contribution in [3.63, 3.8) is 0 Å². The van der Waals surface area contributed by atoms with Crippen molar-refractivity contribution in [3.05, 3.63) is 45.7 Å². The Balaban J connectivity index is 1.91. The molecule has 0 aliphatic rings. The van der Waals surface area contributed by atoms with Crippen LogP contribution in [0.25, 0.3) is 0 Å². The number of ether oxygens (including phenoxy) is 1. The molecule has 1 aromatic heterocycles. The Labute approximate surface area is 146 Å². The third-order valence-corrected chi connectivity index (χ3v) is 4.62. The summed E-state index contributed by atoms with van der Waals surface area (Å²) in [6.07, 6.45) is 0.880.